The van der Waals surface area contributed by atoms with E-state index in [0.717, 1.165) is 5.56 Å². The number of carbonyl (C=O) groups excluding carboxylic acids is 2. The molecular formula is C23H29NO6. The van der Waals surface area contributed by atoms with E-state index in [1.807, 2.05) is 30.3 Å². The summed E-state index contributed by atoms with van der Waals surface area (Å²) in [6, 6.07) is 15.1. The Morgan fingerprint density at radius 2 is 1.67 bits per heavy atom. The van der Waals surface area contributed by atoms with E-state index >= 15 is 0 Å². The lowest BCUT2D eigenvalue weighted by Crippen LogP contribution is -2.47. The number of alkyl carbamates (subject to hydrolysis) is 1. The number of amides is 1. The predicted molar refractivity (Wildman–Crippen MR) is 112 cm³/mol. The number of hydrogen-bond acceptors (Lipinski definition) is 6. The van der Waals surface area contributed by atoms with Gasteiger partial charge in [-0.05, 0) is 51.0 Å². The van der Waals surface area contributed by atoms with Crippen LogP contribution in [0.2, 0.25) is 0 Å². The van der Waals surface area contributed by atoms with E-state index in [0.29, 0.717) is 17.9 Å². The molecule has 0 spiro atoms. The Hall–Kier alpha value is -3.06. The molecular weight excluding hydrogens is 386 g/mol. The zero-order valence-electron chi connectivity index (χ0n) is 17.8. The van der Waals surface area contributed by atoms with Gasteiger partial charge in [-0.1, -0.05) is 42.5 Å². The highest BCUT2D eigenvalue weighted by atomic mass is 16.6. The highest BCUT2D eigenvalue weighted by molar-refractivity contribution is 5.82. The highest BCUT2D eigenvalue weighted by Crippen LogP contribution is 2.22. The molecule has 2 aromatic rings. The quantitative estimate of drug-likeness (QED) is 0.638. The second kappa shape index (κ2) is 10.6. The first-order valence-corrected chi connectivity index (χ1v) is 9.80. The summed E-state index contributed by atoms with van der Waals surface area (Å²) in [6.45, 7) is 7.29. The smallest absolute Gasteiger partial charge is 0.408 e. The van der Waals surface area contributed by atoms with Gasteiger partial charge in [-0.15, -0.1) is 0 Å². The van der Waals surface area contributed by atoms with Crippen LogP contribution in [0, 0.1) is 0 Å². The largest absolute Gasteiger partial charge is 0.489 e. The molecule has 0 unspecified atom stereocenters. The molecule has 162 valence electrons. The molecule has 0 aliphatic carbocycles. The number of benzene rings is 2. The highest BCUT2D eigenvalue weighted by Gasteiger charge is 2.32. The minimum atomic E-state index is -1.32. The summed E-state index contributed by atoms with van der Waals surface area (Å²) >= 11 is 0. The van der Waals surface area contributed by atoms with E-state index in [1.54, 1.807) is 52.0 Å². The average Bonchev–Trinajstić information content (AvgIpc) is 2.70. The van der Waals surface area contributed by atoms with Gasteiger partial charge >= 0.3 is 12.1 Å². The lowest BCUT2D eigenvalue weighted by molar-refractivity contribution is -0.148. The van der Waals surface area contributed by atoms with Crippen LogP contribution in [0.3, 0.4) is 0 Å². The summed E-state index contributed by atoms with van der Waals surface area (Å²) in [5.41, 5.74) is 0.716. The molecule has 0 bridgehead atoms. The van der Waals surface area contributed by atoms with Crippen LogP contribution in [0.1, 0.15) is 44.9 Å². The van der Waals surface area contributed by atoms with Crippen molar-refractivity contribution in [2.75, 3.05) is 6.61 Å². The minimum Gasteiger partial charge on any atom is -0.489 e. The average molecular weight is 415 g/mol. The number of hydrogen-bond donors (Lipinski definition) is 2. The Morgan fingerprint density at radius 1 is 1.03 bits per heavy atom. The fraction of sp³-hybridized carbons (Fsp3) is 0.391. The van der Waals surface area contributed by atoms with Gasteiger partial charge in [-0.2, -0.15) is 0 Å². The molecule has 0 saturated heterocycles. The predicted octanol–water partition coefficient (Wildman–Crippen LogP) is 3.76. The Bertz CT molecular complexity index is 814. The number of rotatable bonds is 8. The Morgan fingerprint density at radius 3 is 2.23 bits per heavy atom. The molecule has 0 aliphatic rings. The number of nitrogens with one attached hydrogen (secondary N) is 1. The van der Waals surface area contributed by atoms with Crippen molar-refractivity contribution in [2.45, 2.75) is 52.0 Å². The van der Waals surface area contributed by atoms with Crippen LogP contribution in [0.5, 0.6) is 5.75 Å². The van der Waals surface area contributed by atoms with E-state index in [9.17, 15) is 14.7 Å². The van der Waals surface area contributed by atoms with Crippen LogP contribution in [0.4, 0.5) is 4.79 Å². The van der Waals surface area contributed by atoms with E-state index in [4.69, 9.17) is 14.2 Å². The minimum absolute atomic E-state index is 0.115. The number of esters is 1. The van der Waals surface area contributed by atoms with E-state index in [2.05, 4.69) is 5.32 Å². The third-order valence-corrected chi connectivity index (χ3v) is 4.00. The van der Waals surface area contributed by atoms with Crippen molar-refractivity contribution in [1.29, 1.82) is 0 Å². The first-order chi connectivity index (χ1) is 14.2. The van der Waals surface area contributed by atoms with Crippen molar-refractivity contribution < 1.29 is 28.9 Å². The second-order valence-electron chi connectivity index (χ2n) is 7.66. The maximum Gasteiger partial charge on any atom is 0.408 e. The summed E-state index contributed by atoms with van der Waals surface area (Å²) in [6.07, 6.45) is -2.14. The summed E-state index contributed by atoms with van der Waals surface area (Å²) in [4.78, 5) is 24.4. The summed E-state index contributed by atoms with van der Waals surface area (Å²) in [5.74, 6) is -0.136. The van der Waals surface area contributed by atoms with Gasteiger partial charge in [0.1, 0.15) is 24.1 Å². The zero-order chi connectivity index (χ0) is 22.1. The SMILES string of the molecule is CCOC(=O)[C@@H](NC(=O)OC(C)(C)C)[C@H](O)c1ccc(OCc2ccccc2)cc1. The van der Waals surface area contributed by atoms with E-state index in [1.165, 1.54) is 0 Å². The number of carbonyl (C=O) groups is 2. The van der Waals surface area contributed by atoms with Crippen LogP contribution in [0.25, 0.3) is 0 Å². The van der Waals surface area contributed by atoms with Gasteiger partial charge in [0.15, 0.2) is 6.04 Å². The molecule has 30 heavy (non-hydrogen) atoms. The monoisotopic (exact) mass is 415 g/mol. The molecule has 0 aliphatic heterocycles. The second-order valence-corrected chi connectivity index (χ2v) is 7.66. The van der Waals surface area contributed by atoms with Crippen molar-refractivity contribution in [3.8, 4) is 5.75 Å². The summed E-state index contributed by atoms with van der Waals surface area (Å²) in [5, 5.41) is 13.1. The molecule has 0 heterocycles. The molecule has 2 N–H and O–H groups in total. The molecule has 0 fully saturated rings. The topological polar surface area (TPSA) is 94.1 Å². The Kier molecular flexibility index (Phi) is 8.24. The van der Waals surface area contributed by atoms with E-state index < -0.39 is 29.8 Å². The van der Waals surface area contributed by atoms with Gasteiger partial charge in [0.25, 0.3) is 0 Å². The standard InChI is InChI=1S/C23H29NO6/c1-5-28-21(26)19(24-22(27)30-23(2,3)4)20(25)17-11-13-18(14-12-17)29-15-16-9-7-6-8-10-16/h6-14,19-20,25H,5,15H2,1-4H3,(H,24,27)/t19-,20+/m0/s1. The number of aliphatic hydroxyl groups is 1. The van der Waals surface area contributed by atoms with Crippen molar-refractivity contribution in [1.82, 2.24) is 5.32 Å². The van der Waals surface area contributed by atoms with E-state index in [-0.39, 0.29) is 6.61 Å². The Balaban J connectivity index is 2.07. The van der Waals surface area contributed by atoms with Crippen molar-refractivity contribution >= 4 is 12.1 Å². The Labute approximate surface area is 177 Å². The molecule has 7 heteroatoms. The van der Waals surface area contributed by atoms with Crippen LogP contribution in [0.15, 0.2) is 54.6 Å². The zero-order valence-corrected chi connectivity index (χ0v) is 17.8. The molecule has 0 radical (unpaired) electrons. The molecule has 2 atom stereocenters. The third-order valence-electron chi connectivity index (χ3n) is 4.00. The van der Waals surface area contributed by atoms with Gasteiger partial charge in [0.2, 0.25) is 0 Å². The van der Waals surface area contributed by atoms with Gasteiger partial charge in [-0.25, -0.2) is 9.59 Å². The fourth-order valence-corrected chi connectivity index (χ4v) is 2.63. The van der Waals surface area contributed by atoms with Crippen LogP contribution in [-0.2, 0) is 20.9 Å². The molecule has 0 saturated carbocycles. The number of aliphatic hydroxyl groups excluding tert-OH is 1. The lowest BCUT2D eigenvalue weighted by Gasteiger charge is -2.25. The van der Waals surface area contributed by atoms with Crippen molar-refractivity contribution in [2.24, 2.45) is 0 Å². The lowest BCUT2D eigenvalue weighted by atomic mass is 10.0. The summed E-state index contributed by atoms with van der Waals surface area (Å²) in [7, 11) is 0. The van der Waals surface area contributed by atoms with Crippen LogP contribution in [-0.4, -0.2) is 35.4 Å². The fourth-order valence-electron chi connectivity index (χ4n) is 2.63. The first kappa shape index (κ1) is 23.2. The van der Waals surface area contributed by atoms with Gasteiger partial charge in [0, 0.05) is 0 Å². The molecule has 2 rings (SSSR count). The van der Waals surface area contributed by atoms with Crippen molar-refractivity contribution in [3.63, 3.8) is 0 Å². The maximum atomic E-state index is 12.3. The number of ether oxygens (including phenoxy) is 3. The van der Waals surface area contributed by atoms with Gasteiger partial charge in [-0.3, -0.25) is 0 Å². The van der Waals surface area contributed by atoms with Crippen LogP contribution >= 0.6 is 0 Å². The summed E-state index contributed by atoms with van der Waals surface area (Å²) < 4.78 is 15.9. The van der Waals surface area contributed by atoms with Crippen LogP contribution < -0.4 is 10.1 Å². The van der Waals surface area contributed by atoms with Gasteiger partial charge in [0.05, 0.1) is 6.61 Å². The molecule has 1 amide bonds. The maximum absolute atomic E-state index is 12.3. The normalized spacial score (nSPS) is 13.1. The molecule has 7 nitrogen and oxygen atoms in total. The first-order valence-electron chi connectivity index (χ1n) is 9.80. The van der Waals surface area contributed by atoms with Crippen molar-refractivity contribution in [3.05, 3.63) is 65.7 Å². The third kappa shape index (κ3) is 7.40. The molecule has 2 aromatic carbocycles. The van der Waals surface area contributed by atoms with Gasteiger partial charge < -0.3 is 24.6 Å². The molecule has 0 aromatic heterocycles.